The van der Waals surface area contributed by atoms with Crippen molar-refractivity contribution in [3.63, 3.8) is 0 Å². The van der Waals surface area contributed by atoms with Crippen LogP contribution in [0.1, 0.15) is 31.4 Å². The Morgan fingerprint density at radius 1 is 1.40 bits per heavy atom. The molecule has 3 aliphatic rings. The largest absolute Gasteiger partial charge is 0.363 e. The third-order valence-electron chi connectivity index (χ3n) is 4.32. The number of nitrogens with one attached hydrogen (secondary N) is 1. The summed E-state index contributed by atoms with van der Waals surface area (Å²) in [5.41, 5.74) is 6.02. The molecule has 1 saturated carbocycles. The molecule has 4 rings (SSSR count). The molecule has 0 spiro atoms. The molecule has 2 saturated heterocycles. The number of halogens is 1. The van der Waals surface area contributed by atoms with E-state index in [2.05, 4.69) is 10.3 Å². The van der Waals surface area contributed by atoms with Crippen molar-refractivity contribution in [2.75, 3.05) is 6.61 Å². The fourth-order valence-electron chi connectivity index (χ4n) is 2.86. The lowest BCUT2D eigenvalue weighted by Gasteiger charge is -2.50. The van der Waals surface area contributed by atoms with E-state index < -0.39 is 5.60 Å². The monoisotopic (exact) mass is 295 g/mol. The minimum absolute atomic E-state index is 0.0593. The van der Waals surface area contributed by atoms with Crippen LogP contribution in [0.2, 0.25) is 5.02 Å². The van der Waals surface area contributed by atoms with E-state index in [1.807, 2.05) is 0 Å². The Balaban J connectivity index is 1.61. The first kappa shape index (κ1) is 13.8. The van der Waals surface area contributed by atoms with E-state index in [1.165, 1.54) is 0 Å². The van der Waals surface area contributed by atoms with Gasteiger partial charge in [0.25, 0.3) is 5.91 Å². The summed E-state index contributed by atoms with van der Waals surface area (Å²) in [5.74, 6) is -0.0593. The summed E-state index contributed by atoms with van der Waals surface area (Å²) >= 11 is 5.78. The van der Waals surface area contributed by atoms with E-state index >= 15 is 0 Å². The second kappa shape index (κ2) is 4.98. The molecule has 0 unspecified atom stereocenters. The summed E-state index contributed by atoms with van der Waals surface area (Å²) in [5, 5.41) is 3.49. The van der Waals surface area contributed by atoms with Crippen molar-refractivity contribution in [3.05, 3.63) is 29.0 Å². The molecule has 0 atom stereocenters. The van der Waals surface area contributed by atoms with E-state index in [4.69, 9.17) is 22.1 Å². The minimum atomic E-state index is -0.687. The van der Waals surface area contributed by atoms with E-state index in [1.54, 1.807) is 18.3 Å². The fraction of sp³-hybridized carbons (Fsp3) is 0.571. The van der Waals surface area contributed by atoms with Crippen molar-refractivity contribution in [1.82, 2.24) is 10.3 Å². The van der Waals surface area contributed by atoms with Gasteiger partial charge in [0.2, 0.25) is 0 Å². The predicted molar refractivity (Wildman–Crippen MR) is 75.2 cm³/mol. The number of carbonyl (C=O) groups excluding carboxylic acids is 1. The van der Waals surface area contributed by atoms with Gasteiger partial charge in [0.15, 0.2) is 0 Å². The van der Waals surface area contributed by atoms with Crippen LogP contribution in [0.4, 0.5) is 0 Å². The number of rotatable bonds is 3. The maximum Gasteiger partial charge on any atom is 0.252 e. The average Bonchev–Trinajstić information content (AvgIpc) is 2.47. The van der Waals surface area contributed by atoms with Crippen LogP contribution in [0.15, 0.2) is 18.3 Å². The van der Waals surface area contributed by atoms with Crippen molar-refractivity contribution >= 4 is 17.5 Å². The zero-order chi connectivity index (χ0) is 14.2. The molecule has 3 N–H and O–H groups in total. The number of carbonyl (C=O) groups is 1. The molecule has 5 nitrogen and oxygen atoms in total. The highest BCUT2D eigenvalue weighted by molar-refractivity contribution is 6.30. The number of amides is 1. The number of hydrogen-bond donors (Lipinski definition) is 2. The van der Waals surface area contributed by atoms with Crippen molar-refractivity contribution in [2.45, 2.75) is 43.4 Å². The van der Waals surface area contributed by atoms with Gasteiger partial charge < -0.3 is 15.8 Å². The standard InChI is InChI=1S/C14H18ClN3O2/c15-10-1-2-11(17-7-10)8-18-12(19)14-5-3-13(16,4-6-14)9-20-14/h1-2,7H,3-6,8-9,16H2,(H,18,19). The van der Waals surface area contributed by atoms with Crippen LogP contribution in [0, 0.1) is 0 Å². The molecule has 0 radical (unpaired) electrons. The average molecular weight is 296 g/mol. The Kier molecular flexibility index (Phi) is 3.44. The SMILES string of the molecule is NC12CCC(C(=O)NCc3ccc(Cl)cn3)(CC1)OC2. The highest BCUT2D eigenvalue weighted by atomic mass is 35.5. The Morgan fingerprint density at radius 3 is 2.70 bits per heavy atom. The summed E-state index contributed by atoms with van der Waals surface area (Å²) in [4.78, 5) is 16.5. The van der Waals surface area contributed by atoms with Gasteiger partial charge >= 0.3 is 0 Å². The zero-order valence-corrected chi connectivity index (χ0v) is 11.9. The molecule has 1 aromatic rings. The molecule has 2 aliphatic heterocycles. The summed E-state index contributed by atoms with van der Waals surface area (Å²) in [6.07, 6.45) is 4.66. The van der Waals surface area contributed by atoms with Crippen LogP contribution in [0.5, 0.6) is 0 Å². The Hall–Kier alpha value is -1.17. The van der Waals surface area contributed by atoms with Crippen molar-refractivity contribution in [1.29, 1.82) is 0 Å². The first-order valence-electron chi connectivity index (χ1n) is 6.83. The smallest absolute Gasteiger partial charge is 0.252 e. The molecule has 6 heteroatoms. The van der Waals surface area contributed by atoms with Gasteiger partial charge in [0.05, 0.1) is 23.9 Å². The van der Waals surface area contributed by atoms with Crippen LogP contribution in [-0.4, -0.2) is 28.6 Å². The lowest BCUT2D eigenvalue weighted by Crippen LogP contribution is -2.64. The number of ether oxygens (including phenoxy) is 1. The maximum atomic E-state index is 12.4. The molecular formula is C14H18ClN3O2. The van der Waals surface area contributed by atoms with E-state index in [0.717, 1.165) is 18.5 Å². The molecule has 1 aliphatic carbocycles. The van der Waals surface area contributed by atoms with E-state index in [-0.39, 0.29) is 11.4 Å². The Bertz CT molecular complexity index is 493. The lowest BCUT2D eigenvalue weighted by atomic mass is 9.71. The number of nitrogens with two attached hydrogens (primary N) is 1. The Morgan fingerprint density at radius 2 is 2.15 bits per heavy atom. The van der Waals surface area contributed by atoms with Crippen LogP contribution in [0.25, 0.3) is 0 Å². The van der Waals surface area contributed by atoms with E-state index in [0.29, 0.717) is 31.0 Å². The number of fused-ring (bicyclic) bond motifs is 3. The summed E-state index contributed by atoms with van der Waals surface area (Å²) in [6, 6.07) is 3.56. The normalized spacial score (nSPS) is 32.1. The van der Waals surface area contributed by atoms with Crippen molar-refractivity contribution in [3.8, 4) is 0 Å². The summed E-state index contributed by atoms with van der Waals surface area (Å²) in [7, 11) is 0. The van der Waals surface area contributed by atoms with Gasteiger partial charge in [-0.1, -0.05) is 11.6 Å². The fourth-order valence-corrected chi connectivity index (χ4v) is 2.97. The van der Waals surface area contributed by atoms with Gasteiger partial charge in [0, 0.05) is 11.7 Å². The molecule has 108 valence electrons. The molecule has 3 heterocycles. The first-order valence-corrected chi connectivity index (χ1v) is 7.21. The topological polar surface area (TPSA) is 77.2 Å². The zero-order valence-electron chi connectivity index (χ0n) is 11.2. The van der Waals surface area contributed by atoms with Crippen molar-refractivity contribution in [2.24, 2.45) is 5.73 Å². The molecule has 1 aromatic heterocycles. The molecule has 3 fully saturated rings. The number of hydrogen-bond acceptors (Lipinski definition) is 4. The maximum absolute atomic E-state index is 12.4. The highest BCUT2D eigenvalue weighted by Gasteiger charge is 2.52. The molecular weight excluding hydrogens is 278 g/mol. The molecule has 0 aromatic carbocycles. The number of pyridine rings is 1. The molecule has 1 amide bonds. The third kappa shape index (κ3) is 2.53. The quantitative estimate of drug-likeness (QED) is 0.883. The number of nitrogens with zero attached hydrogens (tertiary/aromatic N) is 1. The van der Waals surface area contributed by atoms with Gasteiger partial charge in [-0.05, 0) is 37.8 Å². The van der Waals surface area contributed by atoms with Crippen LogP contribution >= 0.6 is 11.6 Å². The second-order valence-corrected chi connectivity index (χ2v) is 6.23. The van der Waals surface area contributed by atoms with Crippen LogP contribution in [-0.2, 0) is 16.1 Å². The van der Waals surface area contributed by atoms with Crippen LogP contribution < -0.4 is 11.1 Å². The number of aromatic nitrogens is 1. The van der Waals surface area contributed by atoms with Crippen molar-refractivity contribution < 1.29 is 9.53 Å². The highest BCUT2D eigenvalue weighted by Crippen LogP contribution is 2.42. The lowest BCUT2D eigenvalue weighted by molar-refractivity contribution is -0.177. The van der Waals surface area contributed by atoms with Gasteiger partial charge in [-0.15, -0.1) is 0 Å². The molecule has 20 heavy (non-hydrogen) atoms. The molecule has 2 bridgehead atoms. The summed E-state index contributed by atoms with van der Waals surface area (Å²) in [6.45, 7) is 0.856. The first-order chi connectivity index (χ1) is 9.51. The minimum Gasteiger partial charge on any atom is -0.363 e. The van der Waals surface area contributed by atoms with Gasteiger partial charge in [-0.3, -0.25) is 9.78 Å². The third-order valence-corrected chi connectivity index (χ3v) is 4.55. The van der Waals surface area contributed by atoms with Gasteiger partial charge in [-0.2, -0.15) is 0 Å². The Labute approximate surface area is 122 Å². The van der Waals surface area contributed by atoms with Gasteiger partial charge in [-0.25, -0.2) is 0 Å². The van der Waals surface area contributed by atoms with Crippen LogP contribution in [0.3, 0.4) is 0 Å². The predicted octanol–water partition coefficient (Wildman–Crippen LogP) is 1.39. The van der Waals surface area contributed by atoms with E-state index in [9.17, 15) is 4.79 Å². The second-order valence-electron chi connectivity index (χ2n) is 5.80. The van der Waals surface area contributed by atoms with Gasteiger partial charge in [0.1, 0.15) is 5.60 Å². The summed E-state index contributed by atoms with van der Waals surface area (Å²) < 4.78 is 5.76.